The van der Waals surface area contributed by atoms with Crippen LogP contribution in [0.25, 0.3) is 0 Å². The van der Waals surface area contributed by atoms with Crippen LogP contribution < -0.4 is 5.32 Å². The van der Waals surface area contributed by atoms with Gasteiger partial charge in [-0.3, -0.25) is 0 Å². The molecule has 0 aromatic carbocycles. The Morgan fingerprint density at radius 2 is 1.94 bits per heavy atom. The fourth-order valence-corrected chi connectivity index (χ4v) is 3.29. The van der Waals surface area contributed by atoms with Crippen LogP contribution in [-0.2, 0) is 4.74 Å². The van der Waals surface area contributed by atoms with E-state index in [4.69, 9.17) is 4.74 Å². The van der Waals surface area contributed by atoms with Crippen LogP contribution in [0.2, 0.25) is 0 Å². The summed E-state index contributed by atoms with van der Waals surface area (Å²) >= 11 is 1.97. The Hall–Kier alpha value is 0.230. The van der Waals surface area contributed by atoms with E-state index >= 15 is 0 Å². The fraction of sp³-hybridized carbons (Fsp3) is 1.00. The third-order valence-electron chi connectivity index (χ3n) is 3.48. The van der Waals surface area contributed by atoms with E-state index in [1.807, 2.05) is 32.5 Å². The van der Waals surface area contributed by atoms with Crippen molar-refractivity contribution in [3.63, 3.8) is 0 Å². The van der Waals surface area contributed by atoms with Crippen molar-refractivity contribution in [1.82, 2.24) is 5.32 Å². The molecule has 1 saturated carbocycles. The lowest BCUT2D eigenvalue weighted by Gasteiger charge is -2.28. The highest BCUT2D eigenvalue weighted by Crippen LogP contribution is 2.39. The quantitative estimate of drug-likeness (QED) is 0.749. The molecule has 1 aliphatic carbocycles. The number of rotatable bonds is 7. The molecule has 108 valence electrons. The second-order valence-electron chi connectivity index (χ2n) is 6.30. The van der Waals surface area contributed by atoms with Crippen LogP contribution in [0.5, 0.6) is 0 Å². The van der Waals surface area contributed by atoms with Crippen molar-refractivity contribution in [2.24, 2.45) is 0 Å². The molecular formula is C14H29NO2S. The summed E-state index contributed by atoms with van der Waals surface area (Å²) in [7, 11) is 0. The van der Waals surface area contributed by atoms with Crippen molar-refractivity contribution in [2.75, 3.05) is 26.0 Å². The standard InChI is InChI=1S/C14H29NO2S/c1-13(2,3)17-10-12(16)9-15-11-14(18-4)7-5-6-8-14/h12,15-16H,5-11H2,1-4H3. The second kappa shape index (κ2) is 7.13. The van der Waals surface area contributed by atoms with Crippen LogP contribution in [0.1, 0.15) is 46.5 Å². The van der Waals surface area contributed by atoms with Crippen LogP contribution in [0.3, 0.4) is 0 Å². The van der Waals surface area contributed by atoms with Gasteiger partial charge in [-0.15, -0.1) is 0 Å². The van der Waals surface area contributed by atoms with E-state index in [0.29, 0.717) is 17.9 Å². The Morgan fingerprint density at radius 1 is 1.33 bits per heavy atom. The highest BCUT2D eigenvalue weighted by atomic mass is 32.2. The number of aliphatic hydroxyl groups is 1. The van der Waals surface area contributed by atoms with Crippen molar-refractivity contribution in [1.29, 1.82) is 0 Å². The Balaban J connectivity index is 2.16. The Kier molecular flexibility index (Phi) is 6.45. The molecule has 1 rings (SSSR count). The fourth-order valence-electron chi connectivity index (χ4n) is 2.34. The molecule has 1 fully saturated rings. The van der Waals surface area contributed by atoms with Gasteiger partial charge in [-0.05, 0) is 39.9 Å². The van der Waals surface area contributed by atoms with Crippen molar-refractivity contribution in [2.45, 2.75) is 62.9 Å². The monoisotopic (exact) mass is 275 g/mol. The molecule has 0 aromatic heterocycles. The van der Waals surface area contributed by atoms with E-state index in [1.165, 1.54) is 25.7 Å². The third-order valence-corrected chi connectivity index (χ3v) is 4.90. The topological polar surface area (TPSA) is 41.5 Å². The summed E-state index contributed by atoms with van der Waals surface area (Å²) in [6.45, 7) is 8.05. The molecule has 0 aliphatic heterocycles. The molecule has 0 amide bonds. The zero-order valence-electron chi connectivity index (χ0n) is 12.3. The van der Waals surface area contributed by atoms with Crippen LogP contribution in [-0.4, -0.2) is 47.5 Å². The summed E-state index contributed by atoms with van der Waals surface area (Å²) in [5.41, 5.74) is -0.174. The smallest absolute Gasteiger partial charge is 0.0897 e. The van der Waals surface area contributed by atoms with E-state index in [1.54, 1.807) is 0 Å². The molecule has 0 heterocycles. The number of thioether (sulfide) groups is 1. The van der Waals surface area contributed by atoms with Gasteiger partial charge in [-0.2, -0.15) is 11.8 Å². The van der Waals surface area contributed by atoms with Crippen molar-refractivity contribution in [3.8, 4) is 0 Å². The summed E-state index contributed by atoms with van der Waals surface area (Å²) in [5.74, 6) is 0. The molecule has 1 aliphatic rings. The average molecular weight is 275 g/mol. The largest absolute Gasteiger partial charge is 0.389 e. The van der Waals surface area contributed by atoms with Gasteiger partial charge < -0.3 is 15.2 Å². The van der Waals surface area contributed by atoms with Crippen LogP contribution in [0.4, 0.5) is 0 Å². The number of hydrogen-bond donors (Lipinski definition) is 2. The first-order chi connectivity index (χ1) is 8.37. The number of hydrogen-bond acceptors (Lipinski definition) is 4. The molecule has 0 saturated heterocycles. The van der Waals surface area contributed by atoms with E-state index in [2.05, 4.69) is 11.6 Å². The van der Waals surface area contributed by atoms with Gasteiger partial charge in [-0.1, -0.05) is 12.8 Å². The van der Waals surface area contributed by atoms with Crippen LogP contribution >= 0.6 is 11.8 Å². The maximum Gasteiger partial charge on any atom is 0.0897 e. The van der Waals surface area contributed by atoms with E-state index < -0.39 is 6.10 Å². The van der Waals surface area contributed by atoms with Gasteiger partial charge in [0.05, 0.1) is 18.3 Å². The molecule has 2 N–H and O–H groups in total. The zero-order valence-corrected chi connectivity index (χ0v) is 13.1. The minimum Gasteiger partial charge on any atom is -0.389 e. The highest BCUT2D eigenvalue weighted by molar-refractivity contribution is 8.00. The van der Waals surface area contributed by atoms with Crippen molar-refractivity contribution >= 4 is 11.8 Å². The molecule has 0 aromatic rings. The predicted octanol–water partition coefficient (Wildman–Crippen LogP) is 2.43. The molecular weight excluding hydrogens is 246 g/mol. The second-order valence-corrected chi connectivity index (χ2v) is 7.58. The van der Waals surface area contributed by atoms with Gasteiger partial charge in [0.2, 0.25) is 0 Å². The normalized spacial score (nSPS) is 21.2. The number of aliphatic hydroxyl groups excluding tert-OH is 1. The summed E-state index contributed by atoms with van der Waals surface area (Å²) in [4.78, 5) is 0. The summed E-state index contributed by atoms with van der Waals surface area (Å²) in [6, 6.07) is 0. The lowest BCUT2D eigenvalue weighted by atomic mass is 10.1. The minimum atomic E-state index is -0.412. The van der Waals surface area contributed by atoms with Gasteiger partial charge in [0.25, 0.3) is 0 Å². The molecule has 0 radical (unpaired) electrons. The maximum atomic E-state index is 9.85. The van der Waals surface area contributed by atoms with Gasteiger partial charge in [0, 0.05) is 17.8 Å². The third kappa shape index (κ3) is 5.91. The Morgan fingerprint density at radius 3 is 2.44 bits per heavy atom. The zero-order chi connectivity index (χ0) is 13.6. The summed E-state index contributed by atoms with van der Waals surface area (Å²) < 4.78 is 5.98. The van der Waals surface area contributed by atoms with Crippen molar-refractivity contribution < 1.29 is 9.84 Å². The van der Waals surface area contributed by atoms with E-state index in [-0.39, 0.29) is 5.60 Å². The average Bonchev–Trinajstić information content (AvgIpc) is 2.75. The van der Waals surface area contributed by atoms with Crippen LogP contribution in [0, 0.1) is 0 Å². The van der Waals surface area contributed by atoms with Gasteiger partial charge in [0.15, 0.2) is 0 Å². The molecule has 0 spiro atoms. The lowest BCUT2D eigenvalue weighted by molar-refractivity contribution is -0.0479. The highest BCUT2D eigenvalue weighted by Gasteiger charge is 2.32. The summed E-state index contributed by atoms with van der Waals surface area (Å²) in [5, 5.41) is 13.3. The molecule has 1 atom stereocenters. The predicted molar refractivity (Wildman–Crippen MR) is 79.3 cm³/mol. The molecule has 3 nitrogen and oxygen atoms in total. The first kappa shape index (κ1) is 16.3. The molecule has 0 bridgehead atoms. The van der Waals surface area contributed by atoms with Gasteiger partial charge >= 0.3 is 0 Å². The maximum absolute atomic E-state index is 9.85. The lowest BCUT2D eigenvalue weighted by Crippen LogP contribution is -2.40. The summed E-state index contributed by atoms with van der Waals surface area (Å²) in [6.07, 6.45) is 7.08. The number of ether oxygens (including phenoxy) is 1. The molecule has 4 heteroatoms. The first-order valence-corrected chi connectivity index (χ1v) is 8.17. The molecule has 18 heavy (non-hydrogen) atoms. The Labute approximate surface area is 116 Å². The number of nitrogens with one attached hydrogen (secondary N) is 1. The first-order valence-electron chi connectivity index (χ1n) is 6.95. The molecule has 1 unspecified atom stereocenters. The minimum absolute atomic E-state index is 0.174. The van der Waals surface area contributed by atoms with E-state index in [0.717, 1.165) is 6.54 Å². The van der Waals surface area contributed by atoms with Gasteiger partial charge in [-0.25, -0.2) is 0 Å². The SMILES string of the molecule is CSC1(CNCC(O)COC(C)(C)C)CCCC1. The van der Waals surface area contributed by atoms with Crippen molar-refractivity contribution in [3.05, 3.63) is 0 Å². The Bertz CT molecular complexity index is 234. The van der Waals surface area contributed by atoms with Crippen LogP contribution in [0.15, 0.2) is 0 Å². The van der Waals surface area contributed by atoms with Gasteiger partial charge in [0.1, 0.15) is 0 Å². The van der Waals surface area contributed by atoms with E-state index in [9.17, 15) is 5.11 Å².